The van der Waals surface area contributed by atoms with Crippen LogP contribution in [-0.2, 0) is 9.53 Å². The third-order valence-electron chi connectivity index (χ3n) is 2.12. The van der Waals surface area contributed by atoms with Gasteiger partial charge in [-0.25, -0.2) is 4.79 Å². The predicted molar refractivity (Wildman–Crippen MR) is 62.8 cm³/mol. The molecule has 100 valence electrons. The number of alkyl halides is 2. The molecule has 6 heteroatoms. The second-order valence-electron chi connectivity index (χ2n) is 3.49. The van der Waals surface area contributed by atoms with Gasteiger partial charge in [-0.15, -0.1) is 0 Å². The highest BCUT2D eigenvalue weighted by atomic mass is 19.3. The number of benzene rings is 1. The number of halogens is 2. The number of carbonyl (C=O) groups excluding carboxylic acids is 1. The molecule has 0 bridgehead atoms. The number of para-hydroxylation sites is 2. The van der Waals surface area contributed by atoms with Crippen LogP contribution >= 0.6 is 0 Å². The van der Waals surface area contributed by atoms with E-state index in [1.54, 1.807) is 32.0 Å². The largest absolute Gasteiger partial charge is 0.464 e. The summed E-state index contributed by atoms with van der Waals surface area (Å²) >= 11 is 0. The van der Waals surface area contributed by atoms with Crippen molar-refractivity contribution in [1.29, 1.82) is 0 Å². The summed E-state index contributed by atoms with van der Waals surface area (Å²) in [6.45, 7) is 0.626. The molecule has 0 aliphatic rings. The summed E-state index contributed by atoms with van der Waals surface area (Å²) in [5, 5.41) is 2.77. The maximum atomic E-state index is 12.2. The molecule has 1 aromatic carbocycles. The number of hydrogen-bond acceptors (Lipinski definition) is 4. The zero-order valence-corrected chi connectivity index (χ0v) is 10.2. The minimum absolute atomic E-state index is 0.0105. The van der Waals surface area contributed by atoms with Crippen molar-refractivity contribution in [3.05, 3.63) is 24.3 Å². The summed E-state index contributed by atoms with van der Waals surface area (Å²) < 4.78 is 33.5. The molecular weight excluding hydrogens is 244 g/mol. The van der Waals surface area contributed by atoms with Gasteiger partial charge in [-0.1, -0.05) is 12.1 Å². The van der Waals surface area contributed by atoms with Crippen LogP contribution in [0.1, 0.15) is 13.8 Å². The molecular formula is C12H15F2NO3. The van der Waals surface area contributed by atoms with Gasteiger partial charge in [0.15, 0.2) is 0 Å². The van der Waals surface area contributed by atoms with Gasteiger partial charge < -0.3 is 14.8 Å². The van der Waals surface area contributed by atoms with Crippen molar-refractivity contribution in [1.82, 2.24) is 0 Å². The number of nitrogens with one attached hydrogen (secondary N) is 1. The van der Waals surface area contributed by atoms with Crippen LogP contribution in [0, 0.1) is 0 Å². The molecule has 0 spiro atoms. The standard InChI is InChI=1S/C12H15F2NO3/c1-3-17-11(16)8(2)15-9-6-4-5-7-10(9)18-12(13)14/h4-8,12,15H,3H2,1-2H3. The first-order valence-electron chi connectivity index (χ1n) is 5.51. The Hall–Kier alpha value is -1.85. The third kappa shape index (κ3) is 4.20. The van der Waals surface area contributed by atoms with Crippen LogP contribution < -0.4 is 10.1 Å². The van der Waals surface area contributed by atoms with E-state index in [1.807, 2.05) is 0 Å². The molecule has 1 aromatic rings. The van der Waals surface area contributed by atoms with Gasteiger partial charge in [-0.2, -0.15) is 8.78 Å². The zero-order valence-electron chi connectivity index (χ0n) is 10.2. The molecule has 0 aliphatic heterocycles. The molecule has 1 unspecified atom stereocenters. The summed E-state index contributed by atoms with van der Waals surface area (Å²) in [6.07, 6.45) is 0. The maximum Gasteiger partial charge on any atom is 0.387 e. The maximum absolute atomic E-state index is 12.2. The summed E-state index contributed by atoms with van der Waals surface area (Å²) in [7, 11) is 0. The first kappa shape index (κ1) is 14.2. The van der Waals surface area contributed by atoms with E-state index < -0.39 is 18.6 Å². The lowest BCUT2D eigenvalue weighted by Gasteiger charge is -2.16. The van der Waals surface area contributed by atoms with Gasteiger partial charge in [0.05, 0.1) is 12.3 Å². The van der Waals surface area contributed by atoms with Crippen LogP contribution in [-0.4, -0.2) is 25.2 Å². The zero-order chi connectivity index (χ0) is 13.5. The van der Waals surface area contributed by atoms with Gasteiger partial charge >= 0.3 is 12.6 Å². The second-order valence-corrected chi connectivity index (χ2v) is 3.49. The Bertz CT molecular complexity index is 399. The van der Waals surface area contributed by atoms with Crippen molar-refractivity contribution in [2.24, 2.45) is 0 Å². The van der Waals surface area contributed by atoms with E-state index in [0.717, 1.165) is 0 Å². The molecule has 0 aromatic heterocycles. The lowest BCUT2D eigenvalue weighted by molar-refractivity contribution is -0.143. The summed E-state index contributed by atoms with van der Waals surface area (Å²) in [6, 6.07) is 5.52. The fourth-order valence-electron chi connectivity index (χ4n) is 1.34. The summed E-state index contributed by atoms with van der Waals surface area (Å²) in [5.41, 5.74) is 0.318. The highest BCUT2D eigenvalue weighted by molar-refractivity contribution is 5.79. The Balaban J connectivity index is 2.74. The first-order chi connectivity index (χ1) is 8.54. The molecule has 1 atom stereocenters. The van der Waals surface area contributed by atoms with Crippen LogP contribution in [0.15, 0.2) is 24.3 Å². The SMILES string of the molecule is CCOC(=O)C(C)Nc1ccccc1OC(F)F. The average molecular weight is 259 g/mol. The number of anilines is 1. The number of esters is 1. The minimum atomic E-state index is -2.91. The van der Waals surface area contributed by atoms with Crippen molar-refractivity contribution in [2.45, 2.75) is 26.5 Å². The van der Waals surface area contributed by atoms with Gasteiger partial charge in [0.1, 0.15) is 11.8 Å². The van der Waals surface area contributed by atoms with Crippen molar-refractivity contribution in [3.8, 4) is 5.75 Å². The Morgan fingerprint density at radius 2 is 2.06 bits per heavy atom. The van der Waals surface area contributed by atoms with E-state index >= 15 is 0 Å². The molecule has 18 heavy (non-hydrogen) atoms. The van der Waals surface area contributed by atoms with Crippen LogP contribution in [0.3, 0.4) is 0 Å². The molecule has 0 saturated carbocycles. The number of hydrogen-bond donors (Lipinski definition) is 1. The third-order valence-corrected chi connectivity index (χ3v) is 2.12. The molecule has 0 radical (unpaired) electrons. The molecule has 0 amide bonds. The highest BCUT2D eigenvalue weighted by Gasteiger charge is 2.16. The molecule has 0 aliphatic carbocycles. The molecule has 0 heterocycles. The Morgan fingerprint density at radius 1 is 1.39 bits per heavy atom. The highest BCUT2D eigenvalue weighted by Crippen LogP contribution is 2.26. The van der Waals surface area contributed by atoms with Gasteiger partial charge in [0.25, 0.3) is 0 Å². The van der Waals surface area contributed by atoms with E-state index in [-0.39, 0.29) is 12.4 Å². The van der Waals surface area contributed by atoms with E-state index in [4.69, 9.17) is 4.74 Å². The minimum Gasteiger partial charge on any atom is -0.464 e. The van der Waals surface area contributed by atoms with Crippen molar-refractivity contribution < 1.29 is 23.0 Å². The Morgan fingerprint density at radius 3 is 2.67 bits per heavy atom. The summed E-state index contributed by atoms with van der Waals surface area (Å²) in [5.74, 6) is -0.465. The number of ether oxygens (including phenoxy) is 2. The van der Waals surface area contributed by atoms with Crippen molar-refractivity contribution in [2.75, 3.05) is 11.9 Å². The molecule has 0 saturated heterocycles. The van der Waals surface area contributed by atoms with Gasteiger partial charge in [0, 0.05) is 0 Å². The monoisotopic (exact) mass is 259 g/mol. The molecule has 0 fully saturated rings. The molecule has 4 nitrogen and oxygen atoms in total. The fraction of sp³-hybridized carbons (Fsp3) is 0.417. The number of rotatable bonds is 6. The van der Waals surface area contributed by atoms with Crippen molar-refractivity contribution in [3.63, 3.8) is 0 Å². The first-order valence-corrected chi connectivity index (χ1v) is 5.51. The lowest BCUT2D eigenvalue weighted by atomic mass is 10.2. The quantitative estimate of drug-likeness (QED) is 0.798. The van der Waals surface area contributed by atoms with Crippen LogP contribution in [0.4, 0.5) is 14.5 Å². The molecule has 1 N–H and O–H groups in total. The number of carbonyl (C=O) groups is 1. The fourth-order valence-corrected chi connectivity index (χ4v) is 1.34. The van der Waals surface area contributed by atoms with Gasteiger partial charge in [0.2, 0.25) is 0 Å². The van der Waals surface area contributed by atoms with Crippen LogP contribution in [0.25, 0.3) is 0 Å². The summed E-state index contributed by atoms with van der Waals surface area (Å²) in [4.78, 5) is 11.4. The Labute approximate surface area is 104 Å². The van der Waals surface area contributed by atoms with E-state index in [0.29, 0.717) is 5.69 Å². The molecule has 1 rings (SSSR count). The van der Waals surface area contributed by atoms with Crippen LogP contribution in [0.2, 0.25) is 0 Å². The Kier molecular flexibility index (Phi) is 5.35. The van der Waals surface area contributed by atoms with Crippen molar-refractivity contribution >= 4 is 11.7 Å². The van der Waals surface area contributed by atoms with Gasteiger partial charge in [-0.05, 0) is 26.0 Å². The predicted octanol–water partition coefficient (Wildman–Crippen LogP) is 2.65. The lowest BCUT2D eigenvalue weighted by Crippen LogP contribution is -2.28. The normalized spacial score (nSPS) is 12.1. The average Bonchev–Trinajstić information content (AvgIpc) is 2.31. The topological polar surface area (TPSA) is 47.6 Å². The smallest absolute Gasteiger partial charge is 0.387 e. The van der Waals surface area contributed by atoms with E-state index in [9.17, 15) is 13.6 Å². The van der Waals surface area contributed by atoms with E-state index in [1.165, 1.54) is 6.07 Å². The second kappa shape index (κ2) is 6.78. The van der Waals surface area contributed by atoms with Gasteiger partial charge in [-0.3, -0.25) is 0 Å². The van der Waals surface area contributed by atoms with Crippen LogP contribution in [0.5, 0.6) is 5.75 Å². The van der Waals surface area contributed by atoms with E-state index in [2.05, 4.69) is 10.1 Å².